The van der Waals surface area contributed by atoms with Crippen LogP contribution in [-0.4, -0.2) is 40.7 Å². The van der Waals surface area contributed by atoms with Crippen LogP contribution in [0.2, 0.25) is 0 Å². The molecule has 1 aromatic carbocycles. The van der Waals surface area contributed by atoms with E-state index in [2.05, 4.69) is 9.97 Å². The van der Waals surface area contributed by atoms with Gasteiger partial charge in [-0.15, -0.1) is 0 Å². The van der Waals surface area contributed by atoms with E-state index in [1.165, 1.54) is 18.1 Å². The Balaban J connectivity index is 2.07. The Morgan fingerprint density at radius 2 is 2.16 bits per heavy atom. The summed E-state index contributed by atoms with van der Waals surface area (Å²) in [5, 5.41) is 9.32. The third-order valence-electron chi connectivity index (χ3n) is 4.12. The predicted octanol–water partition coefficient (Wildman–Crippen LogP) is 3.14. The van der Waals surface area contributed by atoms with E-state index in [1.54, 1.807) is 24.3 Å². The molecule has 0 bridgehead atoms. The first-order chi connectivity index (χ1) is 12.0. The van der Waals surface area contributed by atoms with Crippen LogP contribution in [0, 0.1) is 0 Å². The largest absolute Gasteiger partial charge is 0.497 e. The second kappa shape index (κ2) is 7.00. The lowest BCUT2D eigenvalue weighted by molar-refractivity contribution is -0.138. The lowest BCUT2D eigenvalue weighted by atomic mass is 10.1. The van der Waals surface area contributed by atoms with E-state index in [0.717, 1.165) is 0 Å². The number of alkyl halides is 2. The van der Waals surface area contributed by atoms with Gasteiger partial charge in [0.15, 0.2) is 0 Å². The molecule has 1 saturated heterocycles. The quantitative estimate of drug-likeness (QED) is 0.894. The summed E-state index contributed by atoms with van der Waals surface area (Å²) in [4.78, 5) is 21.1. The van der Waals surface area contributed by atoms with Gasteiger partial charge >= 0.3 is 5.97 Å². The number of halogens is 2. The molecule has 132 valence electrons. The second-order valence-electron chi connectivity index (χ2n) is 5.70. The minimum atomic E-state index is -2.78. The van der Waals surface area contributed by atoms with Crippen molar-refractivity contribution in [3.05, 3.63) is 36.0 Å². The Kier molecular flexibility index (Phi) is 4.78. The molecule has 6 nitrogen and oxygen atoms in total. The molecule has 1 fully saturated rings. The van der Waals surface area contributed by atoms with Crippen LogP contribution in [0.15, 0.2) is 30.3 Å². The van der Waals surface area contributed by atoms with Crippen LogP contribution in [0.25, 0.3) is 11.3 Å². The monoisotopic (exact) mass is 349 g/mol. The lowest BCUT2D eigenvalue weighted by Gasteiger charge is -2.22. The molecule has 0 saturated carbocycles. The fraction of sp³-hybridized carbons (Fsp3) is 0.353. The van der Waals surface area contributed by atoms with E-state index < -0.39 is 24.1 Å². The highest BCUT2D eigenvalue weighted by Crippen LogP contribution is 2.30. The van der Waals surface area contributed by atoms with Gasteiger partial charge in [0.2, 0.25) is 5.95 Å². The topological polar surface area (TPSA) is 75.5 Å². The average molecular weight is 349 g/mol. The number of aliphatic carboxylic acids is 1. The Labute approximate surface area is 143 Å². The van der Waals surface area contributed by atoms with Crippen LogP contribution in [-0.2, 0) is 4.79 Å². The van der Waals surface area contributed by atoms with Crippen molar-refractivity contribution in [2.24, 2.45) is 0 Å². The summed E-state index contributed by atoms with van der Waals surface area (Å²) < 4.78 is 31.7. The van der Waals surface area contributed by atoms with Crippen LogP contribution in [0.3, 0.4) is 0 Å². The second-order valence-corrected chi connectivity index (χ2v) is 5.70. The molecule has 0 amide bonds. The number of rotatable bonds is 5. The minimum Gasteiger partial charge on any atom is -0.497 e. The molecular weight excluding hydrogens is 332 g/mol. The summed E-state index contributed by atoms with van der Waals surface area (Å²) in [6, 6.07) is 7.29. The number of aromatic nitrogens is 2. The van der Waals surface area contributed by atoms with Crippen LogP contribution in [0.5, 0.6) is 5.75 Å². The maximum absolute atomic E-state index is 13.3. The number of methoxy groups -OCH3 is 1. The average Bonchev–Trinajstić information content (AvgIpc) is 3.11. The van der Waals surface area contributed by atoms with Crippen LogP contribution in [0.1, 0.15) is 25.0 Å². The highest BCUT2D eigenvalue weighted by molar-refractivity contribution is 5.78. The molecule has 1 aromatic heterocycles. The summed E-state index contributed by atoms with van der Waals surface area (Å²) in [5.41, 5.74) is 0.463. The highest BCUT2D eigenvalue weighted by Gasteiger charge is 2.33. The number of carbonyl (C=O) groups is 1. The maximum atomic E-state index is 13.3. The molecule has 2 aromatic rings. The van der Waals surface area contributed by atoms with Crippen LogP contribution in [0.4, 0.5) is 14.7 Å². The van der Waals surface area contributed by atoms with Crippen molar-refractivity contribution in [2.75, 3.05) is 18.6 Å². The Morgan fingerprint density at radius 3 is 2.84 bits per heavy atom. The van der Waals surface area contributed by atoms with Crippen LogP contribution < -0.4 is 9.64 Å². The molecule has 8 heteroatoms. The van der Waals surface area contributed by atoms with Crippen molar-refractivity contribution in [1.82, 2.24) is 9.97 Å². The zero-order valence-corrected chi connectivity index (χ0v) is 13.5. The van der Waals surface area contributed by atoms with E-state index in [-0.39, 0.29) is 5.95 Å². The van der Waals surface area contributed by atoms with Crippen molar-refractivity contribution < 1.29 is 23.4 Å². The number of ether oxygens (including phenoxy) is 1. The van der Waals surface area contributed by atoms with Gasteiger partial charge in [-0.25, -0.2) is 23.5 Å². The third-order valence-corrected chi connectivity index (χ3v) is 4.12. The first-order valence-electron chi connectivity index (χ1n) is 7.80. The molecule has 3 rings (SSSR count). The molecule has 1 atom stereocenters. The molecule has 1 aliphatic rings. The number of nitrogens with zero attached hydrogens (tertiary/aromatic N) is 3. The van der Waals surface area contributed by atoms with Gasteiger partial charge in [-0.05, 0) is 31.0 Å². The van der Waals surface area contributed by atoms with Crippen molar-refractivity contribution in [1.29, 1.82) is 0 Å². The third kappa shape index (κ3) is 3.52. The van der Waals surface area contributed by atoms with Crippen LogP contribution >= 0.6 is 0 Å². The first-order valence-corrected chi connectivity index (χ1v) is 7.80. The van der Waals surface area contributed by atoms with Gasteiger partial charge in [-0.3, -0.25) is 0 Å². The van der Waals surface area contributed by atoms with Gasteiger partial charge in [-0.2, -0.15) is 0 Å². The minimum absolute atomic E-state index is 0.0144. The molecular formula is C17H17F2N3O3. The van der Waals surface area contributed by atoms with E-state index in [1.807, 2.05) is 0 Å². The molecule has 0 spiro atoms. The molecule has 1 unspecified atom stereocenters. The number of anilines is 1. The normalized spacial score (nSPS) is 17.1. The highest BCUT2D eigenvalue weighted by atomic mass is 19.3. The zero-order valence-electron chi connectivity index (χ0n) is 13.5. The SMILES string of the molecule is COc1cccc(-c2cc(C(F)F)nc(N3CCCC3C(=O)O)n2)c1. The summed E-state index contributed by atoms with van der Waals surface area (Å²) >= 11 is 0. The Bertz CT molecular complexity index is 785. The number of carboxylic acid groups (broad SMARTS) is 1. The lowest BCUT2D eigenvalue weighted by Crippen LogP contribution is -2.37. The molecule has 1 N–H and O–H groups in total. The molecule has 25 heavy (non-hydrogen) atoms. The summed E-state index contributed by atoms with van der Waals surface area (Å²) in [6.07, 6.45) is -1.70. The molecule has 1 aliphatic heterocycles. The Morgan fingerprint density at radius 1 is 1.36 bits per heavy atom. The number of carboxylic acids is 1. The van der Waals surface area contributed by atoms with E-state index in [4.69, 9.17) is 4.74 Å². The van der Waals surface area contributed by atoms with E-state index in [9.17, 15) is 18.7 Å². The van der Waals surface area contributed by atoms with Gasteiger partial charge < -0.3 is 14.7 Å². The summed E-state index contributed by atoms with van der Waals surface area (Å²) in [5.74, 6) is -0.423. The van der Waals surface area contributed by atoms with E-state index >= 15 is 0 Å². The summed E-state index contributed by atoms with van der Waals surface area (Å²) in [7, 11) is 1.51. The number of hydrogen-bond acceptors (Lipinski definition) is 5. The van der Waals surface area contributed by atoms with Crippen molar-refractivity contribution in [2.45, 2.75) is 25.3 Å². The smallest absolute Gasteiger partial charge is 0.326 e. The van der Waals surface area contributed by atoms with Gasteiger partial charge in [0, 0.05) is 12.1 Å². The first kappa shape index (κ1) is 17.1. The van der Waals surface area contributed by atoms with E-state index in [0.29, 0.717) is 36.4 Å². The fourth-order valence-electron chi connectivity index (χ4n) is 2.89. The molecule has 0 aliphatic carbocycles. The Hall–Kier alpha value is -2.77. The van der Waals surface area contributed by atoms with Gasteiger partial charge in [-0.1, -0.05) is 12.1 Å². The van der Waals surface area contributed by atoms with Crippen molar-refractivity contribution >= 4 is 11.9 Å². The number of hydrogen-bond donors (Lipinski definition) is 1. The molecule has 0 radical (unpaired) electrons. The number of benzene rings is 1. The van der Waals surface area contributed by atoms with Crippen molar-refractivity contribution in [3.63, 3.8) is 0 Å². The maximum Gasteiger partial charge on any atom is 0.326 e. The molecule has 2 heterocycles. The fourth-order valence-corrected chi connectivity index (χ4v) is 2.89. The van der Waals surface area contributed by atoms with Crippen molar-refractivity contribution in [3.8, 4) is 17.0 Å². The van der Waals surface area contributed by atoms with Gasteiger partial charge in [0.1, 0.15) is 17.5 Å². The standard InChI is InChI=1S/C17H17F2N3O3/c1-25-11-5-2-4-10(8-11)12-9-13(15(18)19)21-17(20-12)22-7-3-6-14(22)16(23)24/h2,4-5,8-9,14-15H,3,6-7H2,1H3,(H,23,24). The zero-order chi connectivity index (χ0) is 18.0. The predicted molar refractivity (Wildman–Crippen MR) is 87.0 cm³/mol. The summed E-state index contributed by atoms with van der Waals surface area (Å²) in [6.45, 7) is 0.418. The van der Waals surface area contributed by atoms with Gasteiger partial charge in [0.25, 0.3) is 6.43 Å². The van der Waals surface area contributed by atoms with Gasteiger partial charge in [0.05, 0.1) is 12.8 Å².